The summed E-state index contributed by atoms with van der Waals surface area (Å²) in [4.78, 5) is 10.9. The van der Waals surface area contributed by atoms with E-state index in [-0.39, 0.29) is 24.0 Å². The summed E-state index contributed by atoms with van der Waals surface area (Å²) in [5.41, 5.74) is 2.48. The fourth-order valence-electron chi connectivity index (χ4n) is 3.26. The van der Waals surface area contributed by atoms with Crippen LogP contribution >= 0.6 is 35.3 Å². The average Bonchev–Trinajstić information content (AvgIpc) is 3.13. The lowest BCUT2D eigenvalue weighted by Crippen LogP contribution is -2.45. The number of aryl methyl sites for hydroxylation is 2. The lowest BCUT2D eigenvalue weighted by Gasteiger charge is -2.28. The van der Waals surface area contributed by atoms with Gasteiger partial charge in [-0.25, -0.2) is 4.98 Å². The number of fused-ring (bicyclic) bond motifs is 1. The normalized spacial score (nSPS) is 19.3. The number of rotatable bonds is 4. The van der Waals surface area contributed by atoms with Gasteiger partial charge in [0.15, 0.2) is 5.96 Å². The number of aliphatic hydroxyl groups is 1. The van der Waals surface area contributed by atoms with E-state index in [1.54, 1.807) is 18.4 Å². The van der Waals surface area contributed by atoms with Crippen molar-refractivity contribution in [1.29, 1.82) is 0 Å². The molecule has 1 aromatic carbocycles. The predicted molar refractivity (Wildman–Crippen MR) is 114 cm³/mol. The van der Waals surface area contributed by atoms with Crippen LogP contribution in [0, 0.1) is 6.92 Å². The SMILES string of the molecule is CN=C(NCC1(O)CCc2ccccc21)N(C)Cc1csc(C)n1.I. The Morgan fingerprint density at radius 1 is 1.44 bits per heavy atom. The third-order valence-corrected chi connectivity index (χ3v) is 5.33. The standard InChI is InChI=1S/C18H24N4OS.HI/c1-13-21-15(11-24-13)10-22(3)17(19-2)20-12-18(23)9-8-14-6-4-5-7-16(14)18;/h4-7,11,23H,8-10,12H2,1-3H3,(H,19,20);1H. The van der Waals surface area contributed by atoms with Crippen LogP contribution in [-0.4, -0.2) is 41.6 Å². The van der Waals surface area contributed by atoms with Crippen molar-refractivity contribution in [3.8, 4) is 0 Å². The minimum absolute atomic E-state index is 0. The Bertz CT molecular complexity index is 748. The Morgan fingerprint density at radius 2 is 2.20 bits per heavy atom. The van der Waals surface area contributed by atoms with Crippen molar-refractivity contribution >= 4 is 41.3 Å². The van der Waals surface area contributed by atoms with Crippen molar-refractivity contribution < 1.29 is 5.11 Å². The number of nitrogens with one attached hydrogen (secondary N) is 1. The molecule has 1 unspecified atom stereocenters. The Balaban J connectivity index is 0.00000225. The molecule has 1 aliphatic carbocycles. The molecule has 0 aliphatic heterocycles. The van der Waals surface area contributed by atoms with Crippen LogP contribution in [-0.2, 0) is 18.6 Å². The largest absolute Gasteiger partial charge is 0.383 e. The molecule has 1 atom stereocenters. The summed E-state index contributed by atoms with van der Waals surface area (Å²) in [5.74, 6) is 0.762. The number of guanidine groups is 1. The van der Waals surface area contributed by atoms with Crippen molar-refractivity contribution in [1.82, 2.24) is 15.2 Å². The molecule has 25 heavy (non-hydrogen) atoms. The van der Waals surface area contributed by atoms with Gasteiger partial charge in [0.2, 0.25) is 0 Å². The molecule has 2 aromatic rings. The highest BCUT2D eigenvalue weighted by Gasteiger charge is 2.36. The summed E-state index contributed by atoms with van der Waals surface area (Å²) in [7, 11) is 3.74. The molecule has 2 N–H and O–H groups in total. The molecule has 1 aliphatic rings. The smallest absolute Gasteiger partial charge is 0.193 e. The zero-order valence-corrected chi connectivity index (χ0v) is 18.0. The van der Waals surface area contributed by atoms with E-state index < -0.39 is 5.60 Å². The number of hydrogen-bond acceptors (Lipinski definition) is 4. The molecule has 0 saturated carbocycles. The lowest BCUT2D eigenvalue weighted by molar-refractivity contribution is 0.0426. The Labute approximate surface area is 170 Å². The lowest BCUT2D eigenvalue weighted by atomic mass is 9.96. The predicted octanol–water partition coefficient (Wildman–Crippen LogP) is 2.91. The van der Waals surface area contributed by atoms with Gasteiger partial charge in [-0.3, -0.25) is 4.99 Å². The van der Waals surface area contributed by atoms with E-state index in [0.29, 0.717) is 13.1 Å². The van der Waals surface area contributed by atoms with E-state index in [9.17, 15) is 5.11 Å². The van der Waals surface area contributed by atoms with E-state index in [1.165, 1.54) is 5.56 Å². The monoisotopic (exact) mass is 472 g/mol. The first-order valence-corrected chi connectivity index (χ1v) is 9.03. The molecule has 0 radical (unpaired) electrons. The molecular weight excluding hydrogens is 447 g/mol. The number of aromatic nitrogens is 1. The minimum Gasteiger partial charge on any atom is -0.383 e. The highest BCUT2D eigenvalue weighted by atomic mass is 127. The van der Waals surface area contributed by atoms with Crippen LogP contribution in [0.15, 0.2) is 34.6 Å². The Morgan fingerprint density at radius 3 is 2.88 bits per heavy atom. The minimum atomic E-state index is -0.829. The molecule has 1 aromatic heterocycles. The first kappa shape index (κ1) is 20.1. The van der Waals surface area contributed by atoms with Gasteiger partial charge < -0.3 is 15.3 Å². The van der Waals surface area contributed by atoms with Crippen molar-refractivity contribution in [2.24, 2.45) is 4.99 Å². The molecule has 1 heterocycles. The zero-order chi connectivity index (χ0) is 17.2. The number of hydrogen-bond donors (Lipinski definition) is 2. The van der Waals surface area contributed by atoms with Crippen molar-refractivity contribution in [2.45, 2.75) is 31.9 Å². The van der Waals surface area contributed by atoms with E-state index in [2.05, 4.69) is 26.7 Å². The maximum atomic E-state index is 11.0. The van der Waals surface area contributed by atoms with Crippen LogP contribution in [0.5, 0.6) is 0 Å². The number of benzene rings is 1. The third-order valence-electron chi connectivity index (χ3n) is 4.50. The summed E-state index contributed by atoms with van der Waals surface area (Å²) >= 11 is 1.65. The number of aliphatic imine (C=N–C) groups is 1. The Hall–Kier alpha value is -1.19. The molecule has 0 fully saturated rings. The van der Waals surface area contributed by atoms with Gasteiger partial charge in [0.1, 0.15) is 5.60 Å². The quantitative estimate of drug-likeness (QED) is 0.408. The van der Waals surface area contributed by atoms with Gasteiger partial charge in [0.05, 0.1) is 23.8 Å². The molecule has 5 nitrogen and oxygen atoms in total. The van der Waals surface area contributed by atoms with Gasteiger partial charge in [0, 0.05) is 19.5 Å². The molecule has 7 heteroatoms. The van der Waals surface area contributed by atoms with Crippen molar-refractivity contribution in [2.75, 3.05) is 20.6 Å². The van der Waals surface area contributed by atoms with Gasteiger partial charge in [-0.15, -0.1) is 35.3 Å². The van der Waals surface area contributed by atoms with E-state index in [1.807, 2.05) is 37.1 Å². The molecule has 0 amide bonds. The topological polar surface area (TPSA) is 60.8 Å². The average molecular weight is 472 g/mol. The second-order valence-corrected chi connectivity index (χ2v) is 7.37. The van der Waals surface area contributed by atoms with Crippen molar-refractivity contribution in [3.05, 3.63) is 51.5 Å². The third kappa shape index (κ3) is 4.51. The fraction of sp³-hybridized carbons (Fsp3) is 0.444. The molecular formula is C18H25IN4OS. The van der Waals surface area contributed by atoms with Crippen LogP contribution in [0.4, 0.5) is 0 Å². The van der Waals surface area contributed by atoms with Crippen LogP contribution in [0.2, 0.25) is 0 Å². The first-order valence-electron chi connectivity index (χ1n) is 8.15. The number of nitrogens with zero attached hydrogens (tertiary/aromatic N) is 3. The molecule has 0 bridgehead atoms. The Kier molecular flexibility index (Phi) is 6.81. The van der Waals surface area contributed by atoms with Gasteiger partial charge in [0.25, 0.3) is 0 Å². The van der Waals surface area contributed by atoms with Crippen LogP contribution in [0.25, 0.3) is 0 Å². The summed E-state index contributed by atoms with van der Waals surface area (Å²) in [6, 6.07) is 8.13. The van der Waals surface area contributed by atoms with Gasteiger partial charge >= 0.3 is 0 Å². The van der Waals surface area contributed by atoms with E-state index >= 15 is 0 Å². The van der Waals surface area contributed by atoms with Gasteiger partial charge in [-0.2, -0.15) is 0 Å². The summed E-state index contributed by atoms with van der Waals surface area (Å²) in [5, 5.41) is 17.5. The van der Waals surface area contributed by atoms with E-state index in [0.717, 1.165) is 35.1 Å². The van der Waals surface area contributed by atoms with Gasteiger partial charge in [-0.1, -0.05) is 24.3 Å². The molecule has 0 saturated heterocycles. The summed E-state index contributed by atoms with van der Waals surface area (Å²) in [6.45, 7) is 3.16. The summed E-state index contributed by atoms with van der Waals surface area (Å²) < 4.78 is 0. The molecule has 3 rings (SSSR count). The van der Waals surface area contributed by atoms with Crippen LogP contribution < -0.4 is 5.32 Å². The second-order valence-electron chi connectivity index (χ2n) is 6.30. The highest BCUT2D eigenvalue weighted by molar-refractivity contribution is 14.0. The maximum Gasteiger partial charge on any atom is 0.193 e. The fourth-order valence-corrected chi connectivity index (χ4v) is 3.86. The van der Waals surface area contributed by atoms with Crippen molar-refractivity contribution in [3.63, 3.8) is 0 Å². The number of halogens is 1. The van der Waals surface area contributed by atoms with Crippen LogP contribution in [0.1, 0.15) is 28.2 Å². The van der Waals surface area contributed by atoms with Gasteiger partial charge in [-0.05, 0) is 30.9 Å². The summed E-state index contributed by atoms with van der Waals surface area (Å²) in [6.07, 6.45) is 1.66. The first-order chi connectivity index (χ1) is 11.5. The highest BCUT2D eigenvalue weighted by Crippen LogP contribution is 2.36. The maximum absolute atomic E-state index is 11.0. The zero-order valence-electron chi connectivity index (χ0n) is 14.8. The molecule has 0 spiro atoms. The van der Waals surface area contributed by atoms with E-state index in [4.69, 9.17) is 0 Å². The van der Waals surface area contributed by atoms with Crippen LogP contribution in [0.3, 0.4) is 0 Å². The molecule has 136 valence electrons. The second kappa shape index (κ2) is 8.46. The number of thiazole rings is 1.